The van der Waals surface area contributed by atoms with Crippen molar-refractivity contribution in [3.05, 3.63) is 23.5 Å². The van der Waals surface area contributed by atoms with Gasteiger partial charge in [-0.15, -0.1) is 0 Å². The largest absolute Gasteiger partial charge is 0.495 e. The first-order chi connectivity index (χ1) is 6.42. The Kier molecular flexibility index (Phi) is 3.34. The summed E-state index contributed by atoms with van der Waals surface area (Å²) < 4.78 is 26.7. The van der Waals surface area contributed by atoms with E-state index in [4.69, 9.17) is 15.4 Å². The molecule has 0 spiro atoms. The van der Waals surface area contributed by atoms with Crippen LogP contribution < -0.4 is 4.74 Å². The number of halogens is 1. The van der Waals surface area contributed by atoms with Gasteiger partial charge >= 0.3 is 0 Å². The van der Waals surface area contributed by atoms with Gasteiger partial charge in [-0.2, -0.15) is 0 Å². The molecule has 78 valence electrons. The Labute approximate surface area is 87.3 Å². The topological polar surface area (TPSA) is 56.3 Å². The first-order valence-electron chi connectivity index (χ1n) is 3.85. The van der Waals surface area contributed by atoms with Crippen LogP contribution in [0.15, 0.2) is 12.1 Å². The molecule has 4 nitrogen and oxygen atoms in total. The van der Waals surface area contributed by atoms with E-state index in [2.05, 4.69) is 4.98 Å². The number of rotatable bonds is 3. The van der Waals surface area contributed by atoms with Crippen molar-refractivity contribution in [2.24, 2.45) is 0 Å². The zero-order valence-electron chi connectivity index (χ0n) is 7.82. The summed E-state index contributed by atoms with van der Waals surface area (Å²) in [5.74, 6) is 0.110. The third-order valence-corrected chi connectivity index (χ3v) is 2.55. The first kappa shape index (κ1) is 11.3. The van der Waals surface area contributed by atoms with Gasteiger partial charge < -0.3 is 4.74 Å². The number of aryl methyl sites for hydroxylation is 1. The Morgan fingerprint density at radius 1 is 1.50 bits per heavy atom. The number of nitrogens with zero attached hydrogens (tertiary/aromatic N) is 1. The highest BCUT2D eigenvalue weighted by molar-refractivity contribution is 8.13. The molecule has 0 unspecified atom stereocenters. The number of methoxy groups -OCH3 is 1. The molecule has 0 saturated heterocycles. The predicted octanol–water partition coefficient (Wildman–Crippen LogP) is 1.47. The average molecular weight is 236 g/mol. The lowest BCUT2D eigenvalue weighted by Crippen LogP contribution is -2.02. The molecule has 14 heavy (non-hydrogen) atoms. The molecule has 6 heteroatoms. The zero-order valence-corrected chi connectivity index (χ0v) is 9.39. The molecule has 0 fully saturated rings. The fourth-order valence-corrected chi connectivity index (χ4v) is 1.89. The highest BCUT2D eigenvalue weighted by Gasteiger charge is 2.13. The van der Waals surface area contributed by atoms with E-state index >= 15 is 0 Å². The summed E-state index contributed by atoms with van der Waals surface area (Å²) in [7, 11) is 2.98. The summed E-state index contributed by atoms with van der Waals surface area (Å²) in [4.78, 5) is 4.04. The van der Waals surface area contributed by atoms with Gasteiger partial charge in [0.2, 0.25) is 9.05 Å². The molecule has 1 heterocycles. The smallest absolute Gasteiger partial charge is 0.238 e. The van der Waals surface area contributed by atoms with E-state index in [9.17, 15) is 8.42 Å². The Morgan fingerprint density at radius 3 is 2.64 bits per heavy atom. The minimum atomic E-state index is -3.60. The van der Waals surface area contributed by atoms with Crippen LogP contribution in [0.2, 0.25) is 0 Å². The first-order valence-corrected chi connectivity index (χ1v) is 6.33. The number of ether oxygens (including phenoxy) is 1. The molecular formula is C8H10ClNO3S. The van der Waals surface area contributed by atoms with Crippen LogP contribution in [-0.4, -0.2) is 20.5 Å². The lowest BCUT2D eigenvalue weighted by molar-refractivity contribution is 0.408. The minimum Gasteiger partial charge on any atom is -0.495 e. The second-order valence-corrected chi connectivity index (χ2v) is 5.56. The summed E-state index contributed by atoms with van der Waals surface area (Å²) in [6, 6.07) is 3.41. The van der Waals surface area contributed by atoms with E-state index in [1.807, 2.05) is 0 Å². The molecule has 0 aromatic carbocycles. The SMILES string of the molecule is COc1ccc(C)nc1CS(=O)(=O)Cl. The Morgan fingerprint density at radius 2 is 2.14 bits per heavy atom. The van der Waals surface area contributed by atoms with Crippen molar-refractivity contribution in [1.82, 2.24) is 4.98 Å². The number of pyridine rings is 1. The quantitative estimate of drug-likeness (QED) is 0.745. The fraction of sp³-hybridized carbons (Fsp3) is 0.375. The molecule has 0 atom stereocenters. The fourth-order valence-electron chi connectivity index (χ4n) is 1.05. The van der Waals surface area contributed by atoms with Crippen LogP contribution in [0.4, 0.5) is 0 Å². The molecule has 0 radical (unpaired) electrons. The average Bonchev–Trinajstić information content (AvgIpc) is 2.01. The summed E-state index contributed by atoms with van der Waals surface area (Å²) in [5, 5.41) is 0. The molecule has 0 N–H and O–H groups in total. The molecule has 1 aromatic heterocycles. The Hall–Kier alpha value is -0.810. The zero-order chi connectivity index (χ0) is 10.8. The van der Waals surface area contributed by atoms with Gasteiger partial charge in [-0.25, -0.2) is 8.42 Å². The van der Waals surface area contributed by atoms with Gasteiger partial charge in [0, 0.05) is 16.4 Å². The minimum absolute atomic E-state index is 0.320. The maximum atomic E-state index is 10.8. The second-order valence-electron chi connectivity index (χ2n) is 2.78. The third kappa shape index (κ3) is 3.16. The van der Waals surface area contributed by atoms with Crippen LogP contribution in [0.1, 0.15) is 11.4 Å². The summed E-state index contributed by atoms with van der Waals surface area (Å²) in [6.45, 7) is 1.77. The van der Waals surface area contributed by atoms with Gasteiger partial charge in [-0.05, 0) is 19.1 Å². The third-order valence-electron chi connectivity index (χ3n) is 1.60. The van der Waals surface area contributed by atoms with Crippen LogP contribution in [0.3, 0.4) is 0 Å². The van der Waals surface area contributed by atoms with Crippen LogP contribution in [0.25, 0.3) is 0 Å². The second kappa shape index (κ2) is 4.14. The molecule has 1 rings (SSSR count). The lowest BCUT2D eigenvalue weighted by Gasteiger charge is -2.06. The summed E-state index contributed by atoms with van der Waals surface area (Å²) >= 11 is 0. The van der Waals surface area contributed by atoms with E-state index < -0.39 is 9.05 Å². The van der Waals surface area contributed by atoms with E-state index in [1.165, 1.54) is 7.11 Å². The Bertz CT molecular complexity index is 430. The predicted molar refractivity (Wildman–Crippen MR) is 54.0 cm³/mol. The maximum absolute atomic E-state index is 10.8. The molecule has 0 amide bonds. The van der Waals surface area contributed by atoms with Crippen molar-refractivity contribution >= 4 is 19.7 Å². The number of aromatic nitrogens is 1. The van der Waals surface area contributed by atoms with Gasteiger partial charge in [0.1, 0.15) is 11.5 Å². The molecule has 0 aliphatic heterocycles. The van der Waals surface area contributed by atoms with Crippen LogP contribution in [-0.2, 0) is 14.8 Å². The van der Waals surface area contributed by atoms with Crippen LogP contribution in [0.5, 0.6) is 5.75 Å². The monoisotopic (exact) mass is 235 g/mol. The number of hydrogen-bond acceptors (Lipinski definition) is 4. The van der Waals surface area contributed by atoms with Gasteiger partial charge in [0.05, 0.1) is 12.8 Å². The van der Waals surface area contributed by atoms with E-state index in [1.54, 1.807) is 19.1 Å². The van der Waals surface area contributed by atoms with E-state index in [-0.39, 0.29) is 5.75 Å². The maximum Gasteiger partial charge on any atom is 0.238 e. The van der Waals surface area contributed by atoms with Crippen LogP contribution in [0, 0.1) is 6.92 Å². The van der Waals surface area contributed by atoms with Crippen molar-refractivity contribution in [3.8, 4) is 5.75 Å². The van der Waals surface area contributed by atoms with Gasteiger partial charge in [0.25, 0.3) is 0 Å². The highest BCUT2D eigenvalue weighted by Crippen LogP contribution is 2.19. The molecule has 0 saturated carbocycles. The van der Waals surface area contributed by atoms with Gasteiger partial charge in [-0.3, -0.25) is 4.98 Å². The van der Waals surface area contributed by atoms with Crippen LogP contribution >= 0.6 is 10.7 Å². The molecule has 0 aliphatic carbocycles. The normalized spacial score (nSPS) is 11.4. The summed E-state index contributed by atoms with van der Waals surface area (Å²) in [6.07, 6.45) is 0. The molecular weight excluding hydrogens is 226 g/mol. The van der Waals surface area contributed by atoms with Gasteiger partial charge in [0.15, 0.2) is 0 Å². The highest BCUT2D eigenvalue weighted by atomic mass is 35.7. The lowest BCUT2D eigenvalue weighted by atomic mass is 10.3. The molecule has 1 aromatic rings. The van der Waals surface area contributed by atoms with Crippen molar-refractivity contribution in [2.75, 3.05) is 7.11 Å². The molecule has 0 bridgehead atoms. The Balaban J connectivity index is 3.11. The van der Waals surface area contributed by atoms with Crippen molar-refractivity contribution in [3.63, 3.8) is 0 Å². The van der Waals surface area contributed by atoms with Crippen molar-refractivity contribution < 1.29 is 13.2 Å². The van der Waals surface area contributed by atoms with E-state index in [0.717, 1.165) is 5.69 Å². The molecule has 0 aliphatic rings. The van der Waals surface area contributed by atoms with Crippen molar-refractivity contribution in [2.45, 2.75) is 12.7 Å². The standard InChI is InChI=1S/C8H10ClNO3S/c1-6-3-4-8(13-2)7(10-6)5-14(9,11)12/h3-4H,5H2,1-2H3. The van der Waals surface area contributed by atoms with Crippen molar-refractivity contribution in [1.29, 1.82) is 0 Å². The van der Waals surface area contributed by atoms with E-state index in [0.29, 0.717) is 11.4 Å². The number of hydrogen-bond donors (Lipinski definition) is 0. The van der Waals surface area contributed by atoms with Gasteiger partial charge in [-0.1, -0.05) is 0 Å². The summed E-state index contributed by atoms with van der Waals surface area (Å²) in [5.41, 5.74) is 1.06.